The van der Waals surface area contributed by atoms with Crippen molar-refractivity contribution in [2.45, 2.75) is 26.6 Å². The van der Waals surface area contributed by atoms with E-state index in [1.807, 2.05) is 25.1 Å². The molecule has 24 heavy (non-hydrogen) atoms. The maximum Gasteiger partial charge on any atom is 0.322 e. The number of carbonyl (C=O) groups excluding carboxylic acids is 1. The number of fused-ring (bicyclic) bond motifs is 2. The zero-order valence-corrected chi connectivity index (χ0v) is 14.0. The van der Waals surface area contributed by atoms with Crippen LogP contribution < -0.4 is 5.32 Å². The predicted octanol–water partition coefficient (Wildman–Crippen LogP) is 2.34. The summed E-state index contributed by atoms with van der Waals surface area (Å²) in [5.74, 6) is 0. The van der Waals surface area contributed by atoms with Crippen molar-refractivity contribution in [3.8, 4) is 0 Å². The Balaban J connectivity index is 1.48. The highest BCUT2D eigenvalue weighted by Gasteiger charge is 2.27. The van der Waals surface area contributed by atoms with Crippen molar-refractivity contribution in [3.05, 3.63) is 40.7 Å². The third-order valence-corrected chi connectivity index (χ3v) is 5.02. The van der Waals surface area contributed by atoms with Crippen LogP contribution in [0.15, 0.2) is 24.4 Å². The van der Waals surface area contributed by atoms with Crippen molar-refractivity contribution in [3.63, 3.8) is 0 Å². The lowest BCUT2D eigenvalue weighted by molar-refractivity contribution is 0.210. The van der Waals surface area contributed by atoms with E-state index in [-0.39, 0.29) is 12.6 Å². The van der Waals surface area contributed by atoms with Crippen LogP contribution in [0.4, 0.5) is 10.5 Å². The Kier molecular flexibility index (Phi) is 3.70. The first-order valence-corrected chi connectivity index (χ1v) is 8.53. The van der Waals surface area contributed by atoms with Gasteiger partial charge in [0.1, 0.15) is 0 Å². The third-order valence-electron chi connectivity index (χ3n) is 4.08. The van der Waals surface area contributed by atoms with Gasteiger partial charge in [0, 0.05) is 11.3 Å². The lowest BCUT2D eigenvalue weighted by Crippen LogP contribution is -2.30. The molecule has 124 valence electrons. The minimum atomic E-state index is -0.137. The molecule has 0 unspecified atom stereocenters. The maximum absolute atomic E-state index is 12.5. The van der Waals surface area contributed by atoms with Gasteiger partial charge in [-0.05, 0) is 25.1 Å². The van der Waals surface area contributed by atoms with E-state index in [0.29, 0.717) is 19.6 Å². The summed E-state index contributed by atoms with van der Waals surface area (Å²) in [5, 5.41) is 17.3. The summed E-state index contributed by atoms with van der Waals surface area (Å²) in [7, 11) is 0. The summed E-state index contributed by atoms with van der Waals surface area (Å²) in [6.45, 7) is 3.50. The average Bonchev–Trinajstić information content (AvgIpc) is 3.21. The Bertz CT molecular complexity index is 916. The lowest BCUT2D eigenvalue weighted by Gasteiger charge is -2.17. The molecule has 3 heterocycles. The van der Waals surface area contributed by atoms with Gasteiger partial charge in [-0.2, -0.15) is 5.10 Å². The molecule has 1 aliphatic heterocycles. The number of aliphatic hydroxyl groups is 1. The zero-order chi connectivity index (χ0) is 16.7. The molecule has 0 fully saturated rings. The molecule has 7 nitrogen and oxygen atoms in total. The van der Waals surface area contributed by atoms with Crippen LogP contribution in [-0.4, -0.2) is 37.4 Å². The van der Waals surface area contributed by atoms with Gasteiger partial charge in [0.2, 0.25) is 0 Å². The Morgan fingerprint density at radius 1 is 1.42 bits per heavy atom. The quantitative estimate of drug-likeness (QED) is 0.765. The number of nitrogens with one attached hydrogen (secondary N) is 1. The maximum atomic E-state index is 12.5. The van der Waals surface area contributed by atoms with Crippen LogP contribution in [0.3, 0.4) is 0 Å². The molecule has 2 N–H and O–H groups in total. The zero-order valence-electron chi connectivity index (χ0n) is 13.2. The highest BCUT2D eigenvalue weighted by atomic mass is 32.1. The molecule has 3 aromatic rings. The Morgan fingerprint density at radius 3 is 3.12 bits per heavy atom. The van der Waals surface area contributed by atoms with Crippen LogP contribution in [0.1, 0.15) is 16.3 Å². The van der Waals surface area contributed by atoms with Crippen LogP contribution in [0.2, 0.25) is 0 Å². The van der Waals surface area contributed by atoms with Crippen molar-refractivity contribution in [1.29, 1.82) is 0 Å². The fourth-order valence-electron chi connectivity index (χ4n) is 2.96. The number of rotatable bonds is 3. The standard InChI is InChI=1S/C16H17N5O2S/c1-10-18-13-3-2-12(6-15(13)24-10)19-16(23)20-8-11-7-17-21(4-5-22)14(11)9-20/h2-3,6-7,22H,4-5,8-9H2,1H3,(H,19,23). The number of carbonyl (C=O) groups is 1. The number of thiazole rings is 1. The van der Waals surface area contributed by atoms with E-state index in [2.05, 4.69) is 15.4 Å². The molecule has 0 bridgehead atoms. The van der Waals surface area contributed by atoms with Gasteiger partial charge in [0.05, 0.1) is 53.4 Å². The van der Waals surface area contributed by atoms with Gasteiger partial charge in [-0.3, -0.25) is 4.68 Å². The first-order valence-electron chi connectivity index (χ1n) is 7.71. The molecule has 0 spiro atoms. The number of nitrogens with zero attached hydrogens (tertiary/aromatic N) is 4. The number of aryl methyl sites for hydroxylation is 1. The second kappa shape index (κ2) is 5.88. The normalized spacial score (nSPS) is 13.5. The lowest BCUT2D eigenvalue weighted by atomic mass is 10.3. The smallest absolute Gasteiger partial charge is 0.322 e. The van der Waals surface area contributed by atoms with Gasteiger partial charge < -0.3 is 15.3 Å². The van der Waals surface area contributed by atoms with Crippen molar-refractivity contribution < 1.29 is 9.90 Å². The monoisotopic (exact) mass is 343 g/mol. The van der Waals surface area contributed by atoms with Gasteiger partial charge in [-0.1, -0.05) is 0 Å². The summed E-state index contributed by atoms with van der Waals surface area (Å²) in [5.41, 5.74) is 3.75. The molecule has 0 atom stereocenters. The summed E-state index contributed by atoms with van der Waals surface area (Å²) in [6, 6.07) is 5.61. The van der Waals surface area contributed by atoms with Gasteiger partial charge in [-0.15, -0.1) is 11.3 Å². The van der Waals surface area contributed by atoms with Gasteiger partial charge in [0.25, 0.3) is 0 Å². The van der Waals surface area contributed by atoms with Crippen LogP contribution in [0, 0.1) is 6.92 Å². The van der Waals surface area contributed by atoms with Crippen molar-refractivity contribution in [2.24, 2.45) is 0 Å². The molecule has 1 aliphatic rings. The first kappa shape index (κ1) is 15.1. The van der Waals surface area contributed by atoms with Crippen LogP contribution in [-0.2, 0) is 19.6 Å². The highest BCUT2D eigenvalue weighted by molar-refractivity contribution is 7.18. The second-order valence-corrected chi connectivity index (χ2v) is 7.00. The fraction of sp³-hybridized carbons (Fsp3) is 0.312. The second-order valence-electron chi connectivity index (χ2n) is 5.76. The van der Waals surface area contributed by atoms with E-state index in [1.54, 1.807) is 27.1 Å². The van der Waals surface area contributed by atoms with E-state index in [0.717, 1.165) is 32.2 Å². The van der Waals surface area contributed by atoms with Crippen LogP contribution >= 0.6 is 11.3 Å². The summed E-state index contributed by atoms with van der Waals surface area (Å²) in [6.07, 6.45) is 1.77. The van der Waals surface area contributed by atoms with E-state index in [4.69, 9.17) is 5.11 Å². The molecule has 2 amide bonds. The number of urea groups is 1. The summed E-state index contributed by atoms with van der Waals surface area (Å²) >= 11 is 1.61. The van der Waals surface area contributed by atoms with E-state index >= 15 is 0 Å². The van der Waals surface area contributed by atoms with Gasteiger partial charge in [-0.25, -0.2) is 9.78 Å². The minimum Gasteiger partial charge on any atom is -0.394 e. The number of aliphatic hydroxyl groups excluding tert-OH is 1. The Labute approximate surface area is 142 Å². The molecular formula is C16H17N5O2S. The number of anilines is 1. The largest absolute Gasteiger partial charge is 0.394 e. The molecule has 0 radical (unpaired) electrons. The SMILES string of the molecule is Cc1nc2ccc(NC(=O)N3Cc4cnn(CCO)c4C3)cc2s1. The highest BCUT2D eigenvalue weighted by Crippen LogP contribution is 2.26. The van der Waals surface area contributed by atoms with Crippen LogP contribution in [0.25, 0.3) is 10.2 Å². The van der Waals surface area contributed by atoms with Gasteiger partial charge >= 0.3 is 6.03 Å². The van der Waals surface area contributed by atoms with Gasteiger partial charge in [0.15, 0.2) is 0 Å². The van der Waals surface area contributed by atoms with Crippen molar-refractivity contribution in [1.82, 2.24) is 19.7 Å². The topological polar surface area (TPSA) is 83.3 Å². The van der Waals surface area contributed by atoms with Crippen LogP contribution in [0.5, 0.6) is 0 Å². The Morgan fingerprint density at radius 2 is 2.29 bits per heavy atom. The molecule has 0 saturated heterocycles. The molecule has 1 aromatic carbocycles. The summed E-state index contributed by atoms with van der Waals surface area (Å²) < 4.78 is 2.82. The predicted molar refractivity (Wildman–Crippen MR) is 91.9 cm³/mol. The number of benzene rings is 1. The number of hydrogen-bond donors (Lipinski definition) is 2. The number of amides is 2. The van der Waals surface area contributed by atoms with E-state index in [9.17, 15) is 4.79 Å². The average molecular weight is 343 g/mol. The number of hydrogen-bond acceptors (Lipinski definition) is 5. The van der Waals surface area contributed by atoms with E-state index < -0.39 is 0 Å². The van der Waals surface area contributed by atoms with Crippen molar-refractivity contribution in [2.75, 3.05) is 11.9 Å². The van der Waals surface area contributed by atoms with Crippen molar-refractivity contribution >= 4 is 33.3 Å². The molecular weight excluding hydrogens is 326 g/mol. The molecule has 4 rings (SSSR count). The van der Waals surface area contributed by atoms with E-state index in [1.165, 1.54) is 0 Å². The molecule has 2 aromatic heterocycles. The summed E-state index contributed by atoms with van der Waals surface area (Å²) in [4.78, 5) is 18.7. The Hall–Kier alpha value is -2.45. The first-order chi connectivity index (χ1) is 11.6. The molecule has 0 aliphatic carbocycles. The fourth-order valence-corrected chi connectivity index (χ4v) is 3.82. The number of aromatic nitrogens is 3. The minimum absolute atomic E-state index is 0.0363. The molecule has 8 heteroatoms. The molecule has 0 saturated carbocycles. The third kappa shape index (κ3) is 2.63.